The van der Waals surface area contributed by atoms with Crippen LogP contribution < -0.4 is 0 Å². The molecule has 0 aromatic heterocycles. The highest BCUT2D eigenvalue weighted by atomic mass is 19.2. The molecule has 0 rings (SSSR count). The van der Waals surface area contributed by atoms with Crippen LogP contribution in [-0.2, 0) is 9.47 Å². The number of alkyl halides is 2. The number of hydrogen-bond donors (Lipinski definition) is 1. The molecule has 1 unspecified atom stereocenters. The van der Waals surface area contributed by atoms with Crippen LogP contribution in [0.4, 0.5) is 8.78 Å². The first kappa shape index (κ1) is 12.8. The molecule has 76 valence electrons. The summed E-state index contributed by atoms with van der Waals surface area (Å²) in [6, 6.07) is -1.41. The van der Waals surface area contributed by atoms with Crippen LogP contribution in [-0.4, -0.2) is 51.3 Å². The Balaban J connectivity index is 4.09. The lowest BCUT2D eigenvalue weighted by atomic mass is 9.96. The van der Waals surface area contributed by atoms with Crippen molar-refractivity contribution in [2.45, 2.75) is 25.0 Å². The molecule has 2 radical (unpaired) electrons. The Bertz CT molecular complexity index is 148. The predicted molar refractivity (Wildman–Crippen MR) is 44.0 cm³/mol. The Morgan fingerprint density at radius 3 is 2.46 bits per heavy atom. The van der Waals surface area contributed by atoms with Gasteiger partial charge in [-0.2, -0.15) is 0 Å². The van der Waals surface area contributed by atoms with E-state index >= 15 is 0 Å². The number of rotatable bonds is 6. The second-order valence-corrected chi connectivity index (χ2v) is 2.73. The summed E-state index contributed by atoms with van der Waals surface area (Å²) in [4.78, 5) is 0. The summed E-state index contributed by atoms with van der Waals surface area (Å²) in [6.45, 7) is -0.291. The monoisotopic (exact) mass is 194 g/mol. The van der Waals surface area contributed by atoms with Gasteiger partial charge < -0.3 is 14.6 Å². The third-order valence-electron chi connectivity index (χ3n) is 1.40. The van der Waals surface area contributed by atoms with Gasteiger partial charge in [-0.1, -0.05) is 0 Å². The van der Waals surface area contributed by atoms with Crippen molar-refractivity contribution in [2.75, 3.05) is 20.3 Å². The first-order chi connectivity index (χ1) is 5.95. The van der Waals surface area contributed by atoms with E-state index in [2.05, 4.69) is 9.47 Å². The van der Waals surface area contributed by atoms with Crippen molar-refractivity contribution < 1.29 is 23.4 Å². The number of hydrogen-bond acceptors (Lipinski definition) is 3. The molecule has 1 N–H and O–H groups in total. The zero-order valence-corrected chi connectivity index (χ0v) is 7.67. The molecule has 6 heteroatoms. The molecule has 0 heterocycles. The summed E-state index contributed by atoms with van der Waals surface area (Å²) >= 11 is 0. The van der Waals surface area contributed by atoms with Crippen LogP contribution in [0.3, 0.4) is 0 Å². The smallest absolute Gasteiger partial charge is 0.255 e. The molecule has 0 aromatic carbocycles. The Labute approximate surface area is 77.4 Å². The molecule has 0 fully saturated rings. The number of methoxy groups -OCH3 is 1. The van der Waals surface area contributed by atoms with Gasteiger partial charge in [0.1, 0.15) is 27.2 Å². The zero-order chi connectivity index (χ0) is 10.5. The summed E-state index contributed by atoms with van der Waals surface area (Å²) in [7, 11) is 6.34. The SMILES string of the molecule is [B]C(O[C@@](F)(CO)COC)[C@@H](C)F. The maximum Gasteiger partial charge on any atom is 0.255 e. The molecule has 0 spiro atoms. The molecule has 0 aliphatic carbocycles. The van der Waals surface area contributed by atoms with Gasteiger partial charge in [-0.15, -0.1) is 0 Å². The Kier molecular flexibility index (Phi) is 5.43. The highest BCUT2D eigenvalue weighted by Crippen LogP contribution is 2.16. The Hall–Kier alpha value is -0.195. The van der Waals surface area contributed by atoms with Crippen LogP contribution in [0.15, 0.2) is 0 Å². The lowest BCUT2D eigenvalue weighted by Crippen LogP contribution is -2.42. The minimum atomic E-state index is -2.44. The van der Waals surface area contributed by atoms with Gasteiger partial charge in [-0.05, 0) is 6.92 Å². The standard InChI is InChI=1S/C7H13BF2O3/c1-5(9)6(8)13-7(10,3-11)4-12-2/h5-6,11H,3-4H2,1-2H3/t5-,6?,7+/m1/s1. The molecule has 0 aliphatic heterocycles. The van der Waals surface area contributed by atoms with Crippen LogP contribution in [0.2, 0.25) is 0 Å². The van der Waals surface area contributed by atoms with E-state index in [1.807, 2.05) is 0 Å². The van der Waals surface area contributed by atoms with Crippen molar-refractivity contribution >= 4 is 7.85 Å². The lowest BCUT2D eigenvalue weighted by Gasteiger charge is -2.27. The van der Waals surface area contributed by atoms with E-state index in [0.29, 0.717) is 0 Å². The topological polar surface area (TPSA) is 38.7 Å². The number of aliphatic hydroxyl groups is 1. The minimum Gasteiger partial charge on any atom is -0.390 e. The van der Waals surface area contributed by atoms with Crippen molar-refractivity contribution in [1.82, 2.24) is 0 Å². The minimum absolute atomic E-state index is 0.496. The lowest BCUT2D eigenvalue weighted by molar-refractivity contribution is -0.214. The van der Waals surface area contributed by atoms with E-state index in [0.717, 1.165) is 6.92 Å². The summed E-state index contributed by atoms with van der Waals surface area (Å²) in [6.07, 6.45) is -1.52. The van der Waals surface area contributed by atoms with Crippen molar-refractivity contribution in [3.63, 3.8) is 0 Å². The average Bonchev–Trinajstić information content (AvgIpc) is 2.04. The van der Waals surface area contributed by atoms with Gasteiger partial charge in [0, 0.05) is 7.11 Å². The fraction of sp³-hybridized carbons (Fsp3) is 1.00. The van der Waals surface area contributed by atoms with Crippen molar-refractivity contribution in [3.8, 4) is 0 Å². The fourth-order valence-electron chi connectivity index (χ4n) is 0.670. The molecule has 0 aromatic rings. The molecule has 0 aliphatic rings. The molecule has 0 amide bonds. The molecular formula is C7H13BF2O3. The Morgan fingerprint density at radius 2 is 2.15 bits per heavy atom. The van der Waals surface area contributed by atoms with Crippen LogP contribution in [0.5, 0.6) is 0 Å². The highest BCUT2D eigenvalue weighted by Gasteiger charge is 2.33. The van der Waals surface area contributed by atoms with Gasteiger partial charge in [-0.3, -0.25) is 0 Å². The fourth-order valence-corrected chi connectivity index (χ4v) is 0.670. The summed E-state index contributed by atoms with van der Waals surface area (Å²) < 4.78 is 34.6. The molecule has 3 atom stereocenters. The van der Waals surface area contributed by atoms with E-state index in [9.17, 15) is 8.78 Å². The van der Waals surface area contributed by atoms with Crippen LogP contribution >= 0.6 is 0 Å². The van der Waals surface area contributed by atoms with Crippen molar-refractivity contribution in [3.05, 3.63) is 0 Å². The van der Waals surface area contributed by atoms with E-state index in [-0.39, 0.29) is 0 Å². The molecule has 0 saturated heterocycles. The molecule has 3 nitrogen and oxygen atoms in total. The van der Waals surface area contributed by atoms with Gasteiger partial charge in [0.15, 0.2) is 0 Å². The predicted octanol–water partition coefficient (Wildman–Crippen LogP) is 0.160. The second-order valence-electron chi connectivity index (χ2n) is 2.73. The van der Waals surface area contributed by atoms with E-state index < -0.39 is 31.2 Å². The van der Waals surface area contributed by atoms with Crippen molar-refractivity contribution in [1.29, 1.82) is 0 Å². The number of halogens is 2. The van der Waals surface area contributed by atoms with Crippen LogP contribution in [0.25, 0.3) is 0 Å². The van der Waals surface area contributed by atoms with Gasteiger partial charge in [0.2, 0.25) is 0 Å². The third-order valence-corrected chi connectivity index (χ3v) is 1.40. The van der Waals surface area contributed by atoms with Gasteiger partial charge >= 0.3 is 0 Å². The zero-order valence-electron chi connectivity index (χ0n) is 7.67. The first-order valence-electron chi connectivity index (χ1n) is 3.81. The highest BCUT2D eigenvalue weighted by molar-refractivity contribution is 6.11. The van der Waals surface area contributed by atoms with Gasteiger partial charge in [0.05, 0.1) is 6.00 Å². The number of ether oxygens (including phenoxy) is 2. The molecule has 13 heavy (non-hydrogen) atoms. The Morgan fingerprint density at radius 1 is 1.62 bits per heavy atom. The quantitative estimate of drug-likeness (QED) is 0.612. The third kappa shape index (κ3) is 4.54. The van der Waals surface area contributed by atoms with E-state index in [1.54, 1.807) is 0 Å². The van der Waals surface area contributed by atoms with Gasteiger partial charge in [-0.25, -0.2) is 8.78 Å². The molecular weight excluding hydrogens is 181 g/mol. The van der Waals surface area contributed by atoms with E-state index in [4.69, 9.17) is 13.0 Å². The molecule has 0 saturated carbocycles. The summed E-state index contributed by atoms with van der Waals surface area (Å²) in [5.74, 6) is -2.44. The van der Waals surface area contributed by atoms with Crippen LogP contribution in [0.1, 0.15) is 6.92 Å². The average molecular weight is 194 g/mol. The summed E-state index contributed by atoms with van der Waals surface area (Å²) in [5, 5.41) is 8.59. The first-order valence-corrected chi connectivity index (χ1v) is 3.81. The number of aliphatic hydroxyl groups excluding tert-OH is 1. The van der Waals surface area contributed by atoms with Gasteiger partial charge in [0.25, 0.3) is 5.85 Å². The van der Waals surface area contributed by atoms with Crippen LogP contribution in [0, 0.1) is 0 Å². The van der Waals surface area contributed by atoms with E-state index in [1.165, 1.54) is 7.11 Å². The summed E-state index contributed by atoms with van der Waals surface area (Å²) in [5.41, 5.74) is 0. The maximum absolute atomic E-state index is 13.3. The largest absolute Gasteiger partial charge is 0.390 e. The second kappa shape index (κ2) is 5.52. The molecule has 0 bridgehead atoms. The van der Waals surface area contributed by atoms with Crippen molar-refractivity contribution in [2.24, 2.45) is 0 Å². The maximum atomic E-state index is 13.3. The normalized spacial score (nSPS) is 20.7.